The number of carbonyl (C=O) groups is 1. The molecule has 0 aliphatic carbocycles. The minimum absolute atomic E-state index is 0.180. The molecule has 1 N–H and O–H groups in total. The number of rotatable bonds is 5. The van der Waals surface area contributed by atoms with Crippen molar-refractivity contribution in [2.45, 2.75) is 31.8 Å². The number of nitrogens with one attached hydrogen (secondary N) is 1. The zero-order valence-corrected chi connectivity index (χ0v) is 13.4. The molecule has 0 radical (unpaired) electrons. The van der Waals surface area contributed by atoms with Crippen molar-refractivity contribution < 1.29 is 4.79 Å². The minimum atomic E-state index is -0.180. The lowest BCUT2D eigenvalue weighted by Gasteiger charge is -2.33. The van der Waals surface area contributed by atoms with Gasteiger partial charge in [0.15, 0.2) is 0 Å². The molecule has 1 aromatic rings. The van der Waals surface area contributed by atoms with Gasteiger partial charge in [0.1, 0.15) is 6.04 Å². The molecule has 0 saturated carbocycles. The Bertz CT molecular complexity index is 464. The maximum absolute atomic E-state index is 12.8. The van der Waals surface area contributed by atoms with Crippen LogP contribution in [0.1, 0.15) is 30.5 Å². The first-order chi connectivity index (χ1) is 9.69. The zero-order valence-electron chi connectivity index (χ0n) is 12.6. The first-order valence-corrected chi connectivity index (χ1v) is 8.65. The first kappa shape index (κ1) is 15.4. The zero-order chi connectivity index (χ0) is 14.5. The van der Waals surface area contributed by atoms with E-state index in [4.69, 9.17) is 0 Å². The Morgan fingerprint density at radius 3 is 2.95 bits per heavy atom. The Morgan fingerprint density at radius 2 is 2.25 bits per heavy atom. The maximum atomic E-state index is 12.8. The molecule has 110 valence electrons. The van der Waals surface area contributed by atoms with Crippen molar-refractivity contribution in [3.05, 3.63) is 35.4 Å². The van der Waals surface area contributed by atoms with Crippen LogP contribution in [-0.4, -0.2) is 42.4 Å². The molecule has 1 aliphatic heterocycles. The summed E-state index contributed by atoms with van der Waals surface area (Å²) in [5.74, 6) is 1.19. The van der Waals surface area contributed by atoms with Crippen molar-refractivity contribution >= 4 is 17.7 Å². The Labute approximate surface area is 126 Å². The smallest absolute Gasteiger partial charge is 0.244 e. The Hall–Kier alpha value is -1.00. The molecular formula is C16H24N2OS. The fraction of sp³-hybridized carbons (Fsp3) is 0.562. The maximum Gasteiger partial charge on any atom is 0.244 e. The molecule has 0 fully saturated rings. The normalized spacial score (nSPS) is 19.2. The van der Waals surface area contributed by atoms with Crippen molar-refractivity contribution in [3.63, 3.8) is 0 Å². The largest absolute Gasteiger partial charge is 0.340 e. The van der Waals surface area contributed by atoms with Gasteiger partial charge in [-0.15, -0.1) is 0 Å². The third-order valence-corrected chi connectivity index (χ3v) is 4.80. The molecular weight excluding hydrogens is 268 g/mol. The average Bonchev–Trinajstić information content (AvgIpc) is 2.50. The predicted octanol–water partition coefficient (Wildman–Crippen LogP) is 2.47. The summed E-state index contributed by atoms with van der Waals surface area (Å²) in [7, 11) is 1.94. The Morgan fingerprint density at radius 1 is 1.50 bits per heavy atom. The van der Waals surface area contributed by atoms with Gasteiger partial charge in [0.2, 0.25) is 5.91 Å². The summed E-state index contributed by atoms with van der Waals surface area (Å²) in [6.45, 7) is 3.02. The number of amides is 1. The van der Waals surface area contributed by atoms with Gasteiger partial charge in [-0.1, -0.05) is 31.2 Å². The monoisotopic (exact) mass is 292 g/mol. The molecule has 3 nitrogen and oxygen atoms in total. The fourth-order valence-electron chi connectivity index (χ4n) is 2.80. The molecule has 1 heterocycles. The number of likely N-dealkylation sites (N-methyl/N-ethyl adjacent to an activating group) is 1. The van der Waals surface area contributed by atoms with Gasteiger partial charge < -0.3 is 10.2 Å². The quantitative estimate of drug-likeness (QED) is 0.905. The predicted molar refractivity (Wildman–Crippen MR) is 86.1 cm³/mol. The topological polar surface area (TPSA) is 32.3 Å². The van der Waals surface area contributed by atoms with Gasteiger partial charge in [0, 0.05) is 25.4 Å². The van der Waals surface area contributed by atoms with Crippen molar-refractivity contribution in [2.75, 3.05) is 25.6 Å². The van der Waals surface area contributed by atoms with Crippen LogP contribution in [0.15, 0.2) is 24.3 Å². The van der Waals surface area contributed by atoms with Gasteiger partial charge in [-0.2, -0.15) is 11.8 Å². The Kier molecular flexibility index (Phi) is 5.49. The van der Waals surface area contributed by atoms with Crippen molar-refractivity contribution in [3.8, 4) is 0 Å². The molecule has 1 aromatic carbocycles. The van der Waals surface area contributed by atoms with Gasteiger partial charge in [0.25, 0.3) is 0 Å². The summed E-state index contributed by atoms with van der Waals surface area (Å²) >= 11 is 1.80. The highest BCUT2D eigenvalue weighted by Gasteiger charge is 2.30. The number of benzene rings is 1. The van der Waals surface area contributed by atoms with Crippen LogP contribution in [0, 0.1) is 0 Å². The molecule has 2 atom stereocenters. The lowest BCUT2D eigenvalue weighted by Crippen LogP contribution is -2.46. The summed E-state index contributed by atoms with van der Waals surface area (Å²) in [5, 5.41) is 3.38. The van der Waals surface area contributed by atoms with E-state index in [0.29, 0.717) is 6.04 Å². The number of carbonyl (C=O) groups excluding carboxylic acids is 1. The highest BCUT2D eigenvalue weighted by molar-refractivity contribution is 7.98. The number of hydrogen-bond donors (Lipinski definition) is 1. The van der Waals surface area contributed by atoms with Crippen LogP contribution in [0.5, 0.6) is 0 Å². The molecule has 0 bridgehead atoms. The van der Waals surface area contributed by atoms with E-state index in [1.54, 1.807) is 11.8 Å². The molecule has 1 amide bonds. The first-order valence-electron chi connectivity index (χ1n) is 7.25. The number of thioether (sulfide) groups is 1. The average molecular weight is 292 g/mol. The van der Waals surface area contributed by atoms with Crippen molar-refractivity contribution in [2.24, 2.45) is 0 Å². The molecule has 2 unspecified atom stereocenters. The second-order valence-electron chi connectivity index (χ2n) is 5.30. The summed E-state index contributed by atoms with van der Waals surface area (Å²) in [5.41, 5.74) is 2.45. The van der Waals surface area contributed by atoms with Crippen molar-refractivity contribution in [1.29, 1.82) is 0 Å². The minimum Gasteiger partial charge on any atom is -0.340 e. The van der Waals surface area contributed by atoms with E-state index in [0.717, 1.165) is 30.7 Å². The molecule has 2 rings (SSSR count). The standard InChI is InChI=1S/C16H24N2OS/c1-4-13(11-20-3)18(2)16(19)15-14-8-6-5-7-12(14)9-10-17-15/h5-8,13,15,17H,4,9-11H2,1-3H3. The van der Waals surface area contributed by atoms with Gasteiger partial charge in [0.05, 0.1) is 0 Å². The second-order valence-corrected chi connectivity index (χ2v) is 6.21. The van der Waals surface area contributed by atoms with E-state index < -0.39 is 0 Å². The van der Waals surface area contributed by atoms with E-state index in [2.05, 4.69) is 36.7 Å². The third kappa shape index (κ3) is 3.18. The summed E-state index contributed by atoms with van der Waals surface area (Å²) in [4.78, 5) is 14.7. The molecule has 1 aliphatic rings. The van der Waals surface area contributed by atoms with E-state index >= 15 is 0 Å². The van der Waals surface area contributed by atoms with Crippen LogP contribution < -0.4 is 5.32 Å². The van der Waals surface area contributed by atoms with Crippen LogP contribution in [0.25, 0.3) is 0 Å². The van der Waals surface area contributed by atoms with E-state index in [1.807, 2.05) is 18.0 Å². The molecule has 0 spiro atoms. The van der Waals surface area contributed by atoms with Crippen LogP contribution in [0.4, 0.5) is 0 Å². The highest BCUT2D eigenvalue weighted by atomic mass is 32.2. The van der Waals surface area contributed by atoms with Gasteiger partial charge in [-0.3, -0.25) is 4.79 Å². The SMILES string of the molecule is CCC(CSC)N(C)C(=O)C1NCCc2ccccc21. The van der Waals surface area contributed by atoms with Crippen LogP contribution in [0.2, 0.25) is 0 Å². The van der Waals surface area contributed by atoms with E-state index in [-0.39, 0.29) is 11.9 Å². The lowest BCUT2D eigenvalue weighted by atomic mass is 9.93. The molecule has 0 aromatic heterocycles. The van der Waals surface area contributed by atoms with E-state index in [1.165, 1.54) is 5.56 Å². The number of hydrogen-bond acceptors (Lipinski definition) is 3. The lowest BCUT2D eigenvalue weighted by molar-refractivity contribution is -0.134. The van der Waals surface area contributed by atoms with Crippen LogP contribution in [0.3, 0.4) is 0 Å². The highest BCUT2D eigenvalue weighted by Crippen LogP contribution is 2.25. The van der Waals surface area contributed by atoms with E-state index in [9.17, 15) is 4.79 Å². The van der Waals surface area contributed by atoms with Crippen LogP contribution >= 0.6 is 11.8 Å². The fourth-order valence-corrected chi connectivity index (χ4v) is 3.65. The summed E-state index contributed by atoms with van der Waals surface area (Å²) in [6, 6.07) is 8.42. The third-order valence-electron chi connectivity index (χ3n) is 4.08. The van der Waals surface area contributed by atoms with Crippen molar-refractivity contribution in [1.82, 2.24) is 10.2 Å². The molecule has 4 heteroatoms. The number of nitrogens with zero attached hydrogens (tertiary/aromatic N) is 1. The summed E-state index contributed by atoms with van der Waals surface area (Å²) in [6.07, 6.45) is 4.10. The second kappa shape index (κ2) is 7.14. The van der Waals surface area contributed by atoms with Gasteiger partial charge in [-0.25, -0.2) is 0 Å². The molecule has 20 heavy (non-hydrogen) atoms. The van der Waals surface area contributed by atoms with Crippen LogP contribution in [-0.2, 0) is 11.2 Å². The Balaban J connectivity index is 2.17. The summed E-state index contributed by atoms with van der Waals surface area (Å²) < 4.78 is 0. The number of fused-ring (bicyclic) bond motifs is 1. The van der Waals surface area contributed by atoms with Gasteiger partial charge in [-0.05, 0) is 30.2 Å². The molecule has 0 saturated heterocycles. The van der Waals surface area contributed by atoms with Gasteiger partial charge >= 0.3 is 0 Å².